The van der Waals surface area contributed by atoms with Crippen LogP contribution < -0.4 is 20.4 Å². The summed E-state index contributed by atoms with van der Waals surface area (Å²) in [5, 5.41) is 7.09. The van der Waals surface area contributed by atoms with E-state index in [4.69, 9.17) is 9.97 Å². The van der Waals surface area contributed by atoms with Crippen molar-refractivity contribution in [2.45, 2.75) is 75.0 Å². The smallest absolute Gasteiger partial charge is 0.151 e. The van der Waals surface area contributed by atoms with E-state index in [-0.39, 0.29) is 35.8 Å². The highest BCUT2D eigenvalue weighted by molar-refractivity contribution is 5.78. The molecule has 0 spiro atoms. The molecule has 10 rings (SSSR count). The third kappa shape index (κ3) is 5.63. The van der Waals surface area contributed by atoms with E-state index in [1.54, 1.807) is 12.1 Å². The quantitative estimate of drug-likeness (QED) is 0.134. The summed E-state index contributed by atoms with van der Waals surface area (Å²) in [5.74, 6) is 1.17. The number of rotatable bonds is 7. The highest BCUT2D eigenvalue weighted by Crippen LogP contribution is 2.49. The first-order chi connectivity index (χ1) is 25.6. The van der Waals surface area contributed by atoms with Crippen LogP contribution in [0.15, 0.2) is 78.9 Å². The van der Waals surface area contributed by atoms with Crippen LogP contribution in [0.3, 0.4) is 0 Å². The van der Waals surface area contributed by atoms with Crippen LogP contribution in [0.4, 0.5) is 20.2 Å². The zero-order chi connectivity index (χ0) is 34.8. The molecule has 4 aliphatic heterocycles. The monoisotopic (exact) mass is 698 g/mol. The van der Waals surface area contributed by atoms with Crippen LogP contribution >= 0.6 is 0 Å². The molecule has 4 aromatic carbocycles. The number of nitrogens with zero attached hydrogens (tertiary/aromatic N) is 4. The van der Waals surface area contributed by atoms with Gasteiger partial charge in [0.25, 0.3) is 0 Å². The summed E-state index contributed by atoms with van der Waals surface area (Å²) in [6.07, 6.45) is 6.98. The molecule has 266 valence electrons. The Hall–Kier alpha value is -4.80. The molecule has 0 aliphatic carbocycles. The fraction of sp³-hybridized carbons (Fsp3) is 0.381. The summed E-state index contributed by atoms with van der Waals surface area (Å²) in [4.78, 5) is 21.1. The highest BCUT2D eigenvalue weighted by atomic mass is 19.1. The molecule has 6 heterocycles. The lowest BCUT2D eigenvalue weighted by Gasteiger charge is -2.34. The molecular formula is C42H44F2N8. The summed E-state index contributed by atoms with van der Waals surface area (Å²) >= 11 is 0. The first kappa shape index (κ1) is 31.9. The van der Waals surface area contributed by atoms with E-state index in [1.807, 2.05) is 23.1 Å². The van der Waals surface area contributed by atoms with E-state index in [0.717, 1.165) is 103 Å². The largest absolute Gasteiger partial charge is 0.366 e. The van der Waals surface area contributed by atoms with Crippen LogP contribution in [-0.2, 0) is 0 Å². The van der Waals surface area contributed by atoms with Gasteiger partial charge < -0.3 is 30.4 Å². The second-order valence-electron chi connectivity index (χ2n) is 15.2. The normalized spacial score (nSPS) is 25.0. The third-order valence-corrected chi connectivity index (χ3v) is 12.1. The molecule has 52 heavy (non-hydrogen) atoms. The van der Waals surface area contributed by atoms with Crippen molar-refractivity contribution >= 4 is 33.4 Å². The van der Waals surface area contributed by atoms with Crippen molar-refractivity contribution in [3.05, 3.63) is 119 Å². The molecule has 2 aromatic heterocycles. The van der Waals surface area contributed by atoms with Crippen LogP contribution in [0.25, 0.3) is 22.1 Å². The molecular weight excluding hydrogens is 655 g/mol. The van der Waals surface area contributed by atoms with Gasteiger partial charge in [0.2, 0.25) is 0 Å². The van der Waals surface area contributed by atoms with Crippen molar-refractivity contribution in [3.8, 4) is 0 Å². The molecule has 0 bridgehead atoms. The Morgan fingerprint density at radius 2 is 1.19 bits per heavy atom. The van der Waals surface area contributed by atoms with Gasteiger partial charge in [-0.25, -0.2) is 18.7 Å². The molecule has 4 saturated heterocycles. The van der Waals surface area contributed by atoms with E-state index in [1.165, 1.54) is 5.56 Å². The molecule has 6 aromatic rings. The Morgan fingerprint density at radius 1 is 0.615 bits per heavy atom. The SMILES string of the molecule is Fc1cc(N2[C@@H](c3ccc4nc([C@@H]5CCCN5)[nH]c4c3)CC[C@H]2c2ccc3nc([C@@H]4CCCN4)[nH]c3c2)cc(F)c1N1CCC(c2ccccc2)C1. The third-order valence-electron chi connectivity index (χ3n) is 12.1. The average molecular weight is 699 g/mol. The number of fused-ring (bicyclic) bond motifs is 2. The Bertz CT molecular complexity index is 2110. The van der Waals surface area contributed by atoms with Gasteiger partial charge in [-0.15, -0.1) is 0 Å². The maximum atomic E-state index is 16.4. The van der Waals surface area contributed by atoms with Crippen LogP contribution in [0.2, 0.25) is 0 Å². The van der Waals surface area contributed by atoms with Gasteiger partial charge in [-0.3, -0.25) is 0 Å². The first-order valence-corrected chi connectivity index (χ1v) is 19.1. The second-order valence-corrected chi connectivity index (χ2v) is 15.2. The summed E-state index contributed by atoms with van der Waals surface area (Å²) < 4.78 is 32.8. The number of anilines is 2. The Balaban J connectivity index is 1.01. The Kier molecular flexibility index (Phi) is 7.98. The Morgan fingerprint density at radius 3 is 1.73 bits per heavy atom. The molecule has 5 atom stereocenters. The lowest BCUT2D eigenvalue weighted by Crippen LogP contribution is -2.27. The maximum absolute atomic E-state index is 16.4. The summed E-state index contributed by atoms with van der Waals surface area (Å²) in [6.45, 7) is 3.22. The van der Waals surface area contributed by atoms with Gasteiger partial charge in [0, 0.05) is 24.7 Å². The van der Waals surface area contributed by atoms with Crippen molar-refractivity contribution in [2.24, 2.45) is 0 Å². The Labute approximate surface area is 302 Å². The minimum absolute atomic E-state index is 0.0772. The standard InChI is InChI=1S/C42H44F2N8/c43-30-22-29(23-31(44)40(30)51-19-16-28(24-51)25-6-2-1-3-7-25)52-38(26-10-12-32-36(20-26)49-41(47-32)34-8-4-17-45-34)14-15-39(52)27-11-13-33-37(21-27)50-42(48-33)35-9-5-18-46-35/h1-3,6-7,10-13,20-23,28,34-35,38-39,45-46H,4-5,8-9,14-19,24H2,(H,47,49)(H,48,50)/t28?,34-,35-,38-,39+/m0/s1. The molecule has 4 aliphatic rings. The number of halogens is 2. The van der Waals surface area contributed by atoms with Crippen molar-refractivity contribution in [1.82, 2.24) is 30.6 Å². The van der Waals surface area contributed by atoms with E-state index in [2.05, 4.69) is 74.0 Å². The van der Waals surface area contributed by atoms with Crippen molar-refractivity contribution in [2.75, 3.05) is 36.0 Å². The number of hydrogen-bond donors (Lipinski definition) is 4. The predicted molar refractivity (Wildman–Crippen MR) is 202 cm³/mol. The predicted octanol–water partition coefficient (Wildman–Crippen LogP) is 8.64. The van der Waals surface area contributed by atoms with Crippen LogP contribution in [0.5, 0.6) is 0 Å². The van der Waals surface area contributed by atoms with E-state index in [9.17, 15) is 0 Å². The number of imidazole rings is 2. The number of hydrogen-bond acceptors (Lipinski definition) is 6. The molecule has 10 heteroatoms. The summed E-state index contributed by atoms with van der Waals surface area (Å²) in [7, 11) is 0. The minimum Gasteiger partial charge on any atom is -0.366 e. The maximum Gasteiger partial charge on any atom is 0.151 e. The van der Waals surface area contributed by atoms with Crippen LogP contribution in [-0.4, -0.2) is 46.1 Å². The molecule has 4 N–H and O–H groups in total. The van der Waals surface area contributed by atoms with Gasteiger partial charge in [0.05, 0.1) is 46.2 Å². The van der Waals surface area contributed by atoms with Crippen LogP contribution in [0, 0.1) is 11.6 Å². The summed E-state index contributed by atoms with van der Waals surface area (Å²) in [6, 6.07) is 26.6. The first-order valence-electron chi connectivity index (χ1n) is 19.1. The van der Waals surface area contributed by atoms with Crippen molar-refractivity contribution in [3.63, 3.8) is 0 Å². The number of aromatic nitrogens is 4. The highest BCUT2D eigenvalue weighted by Gasteiger charge is 2.38. The zero-order valence-corrected chi connectivity index (χ0v) is 29.2. The molecule has 0 radical (unpaired) electrons. The molecule has 4 fully saturated rings. The lowest BCUT2D eigenvalue weighted by molar-refractivity contribution is 0.572. The van der Waals surface area contributed by atoms with Gasteiger partial charge in [-0.05, 0) is 111 Å². The molecule has 0 amide bonds. The minimum atomic E-state index is -0.511. The van der Waals surface area contributed by atoms with Crippen LogP contribution in [0.1, 0.15) is 103 Å². The lowest BCUT2D eigenvalue weighted by atomic mass is 9.99. The number of nitrogens with one attached hydrogen (secondary N) is 4. The van der Waals surface area contributed by atoms with Crippen molar-refractivity contribution < 1.29 is 8.78 Å². The van der Waals surface area contributed by atoms with Gasteiger partial charge in [-0.1, -0.05) is 42.5 Å². The van der Waals surface area contributed by atoms with Gasteiger partial charge in [-0.2, -0.15) is 0 Å². The zero-order valence-electron chi connectivity index (χ0n) is 29.2. The van der Waals surface area contributed by atoms with E-state index < -0.39 is 11.6 Å². The second kappa shape index (κ2) is 13.0. The van der Waals surface area contributed by atoms with E-state index in [0.29, 0.717) is 18.8 Å². The number of aromatic amines is 2. The fourth-order valence-electron chi connectivity index (χ4n) is 9.46. The van der Waals surface area contributed by atoms with E-state index >= 15 is 8.78 Å². The molecule has 0 saturated carbocycles. The van der Waals surface area contributed by atoms with Gasteiger partial charge in [0.15, 0.2) is 11.6 Å². The number of H-pyrrole nitrogens is 2. The fourth-order valence-corrected chi connectivity index (χ4v) is 9.46. The molecule has 8 nitrogen and oxygen atoms in total. The van der Waals surface area contributed by atoms with Gasteiger partial charge in [0.1, 0.15) is 17.3 Å². The number of benzene rings is 4. The average Bonchev–Trinajstić information content (AvgIpc) is 4.02. The summed E-state index contributed by atoms with van der Waals surface area (Å²) in [5.41, 5.74) is 7.93. The van der Waals surface area contributed by atoms with Gasteiger partial charge >= 0.3 is 0 Å². The van der Waals surface area contributed by atoms with Crippen molar-refractivity contribution in [1.29, 1.82) is 0 Å². The molecule has 1 unspecified atom stereocenters. The topological polar surface area (TPSA) is 87.9 Å².